The normalized spacial score (nSPS) is 13.9. The van der Waals surface area contributed by atoms with Crippen LogP contribution < -0.4 is 10.1 Å². The molecule has 2 amide bonds. The maximum atomic E-state index is 11.8. The number of carbonyl (C=O) groups is 1. The zero-order valence-electron chi connectivity index (χ0n) is 12.3. The van der Waals surface area contributed by atoms with Crippen molar-refractivity contribution in [1.82, 2.24) is 10.2 Å². The van der Waals surface area contributed by atoms with E-state index < -0.39 is 0 Å². The van der Waals surface area contributed by atoms with Crippen LogP contribution in [0.5, 0.6) is 5.75 Å². The van der Waals surface area contributed by atoms with Gasteiger partial charge in [-0.2, -0.15) is 0 Å². The lowest BCUT2D eigenvalue weighted by Crippen LogP contribution is -2.48. The van der Waals surface area contributed by atoms with Gasteiger partial charge in [0, 0.05) is 19.6 Å². The highest BCUT2D eigenvalue weighted by Crippen LogP contribution is 2.24. The average molecular weight is 284 g/mol. The lowest BCUT2D eigenvalue weighted by molar-refractivity contribution is 0.168. The van der Waals surface area contributed by atoms with Gasteiger partial charge in [0.05, 0.1) is 7.11 Å². The van der Waals surface area contributed by atoms with Crippen LogP contribution >= 0.6 is 0 Å². The van der Waals surface area contributed by atoms with E-state index in [1.807, 2.05) is 11.0 Å². The van der Waals surface area contributed by atoms with Crippen LogP contribution in [0.3, 0.4) is 0 Å². The van der Waals surface area contributed by atoms with Crippen LogP contribution in [0.4, 0.5) is 4.79 Å². The molecular weight excluding hydrogens is 264 g/mol. The minimum absolute atomic E-state index is 0.0547. The topological polar surface area (TPSA) is 41.6 Å². The van der Waals surface area contributed by atoms with E-state index in [0.717, 1.165) is 31.7 Å². The van der Waals surface area contributed by atoms with Crippen molar-refractivity contribution in [1.29, 1.82) is 0 Å². The first-order valence-electron chi connectivity index (χ1n) is 7.36. The first kappa shape index (κ1) is 13.7. The molecule has 1 aliphatic rings. The standard InChI is InChI=1S/C17H20N2O2/c1-21-15-7-6-13-4-2-5-14(16(13)12-15)8-9-18-17(20)19-10-3-11-19/h2,4-7,12H,3,8-11H2,1H3,(H,18,20). The summed E-state index contributed by atoms with van der Waals surface area (Å²) >= 11 is 0. The van der Waals surface area contributed by atoms with Crippen LogP contribution in [-0.4, -0.2) is 37.7 Å². The largest absolute Gasteiger partial charge is 0.497 e. The van der Waals surface area contributed by atoms with Gasteiger partial charge in [0.1, 0.15) is 5.75 Å². The number of amides is 2. The number of likely N-dealkylation sites (tertiary alicyclic amines) is 1. The van der Waals surface area contributed by atoms with Crippen LogP contribution in [-0.2, 0) is 6.42 Å². The van der Waals surface area contributed by atoms with Gasteiger partial charge < -0.3 is 15.0 Å². The summed E-state index contributed by atoms with van der Waals surface area (Å²) in [7, 11) is 1.68. The number of nitrogens with zero attached hydrogens (tertiary/aromatic N) is 1. The van der Waals surface area contributed by atoms with Gasteiger partial charge in [-0.05, 0) is 41.3 Å². The molecule has 1 heterocycles. The highest BCUT2D eigenvalue weighted by molar-refractivity contribution is 5.87. The van der Waals surface area contributed by atoms with Crippen molar-refractivity contribution in [2.45, 2.75) is 12.8 Å². The Hall–Kier alpha value is -2.23. The molecule has 4 heteroatoms. The number of carbonyl (C=O) groups excluding carboxylic acids is 1. The Kier molecular flexibility index (Phi) is 3.95. The third-order valence-corrected chi connectivity index (χ3v) is 3.99. The number of rotatable bonds is 4. The molecule has 0 aromatic heterocycles. The van der Waals surface area contributed by atoms with Crippen molar-refractivity contribution in [2.24, 2.45) is 0 Å². The highest BCUT2D eigenvalue weighted by Gasteiger charge is 2.19. The van der Waals surface area contributed by atoms with E-state index in [4.69, 9.17) is 4.74 Å². The zero-order chi connectivity index (χ0) is 14.7. The summed E-state index contributed by atoms with van der Waals surface area (Å²) in [5.74, 6) is 0.861. The number of nitrogens with one attached hydrogen (secondary N) is 1. The van der Waals surface area contributed by atoms with Gasteiger partial charge in [0.25, 0.3) is 0 Å². The molecule has 1 aliphatic heterocycles. The maximum Gasteiger partial charge on any atom is 0.317 e. The van der Waals surface area contributed by atoms with Gasteiger partial charge in [0.15, 0.2) is 0 Å². The van der Waals surface area contributed by atoms with E-state index in [2.05, 4.69) is 35.6 Å². The summed E-state index contributed by atoms with van der Waals surface area (Å²) < 4.78 is 5.30. The molecule has 0 atom stereocenters. The van der Waals surface area contributed by atoms with Crippen LogP contribution in [0.1, 0.15) is 12.0 Å². The van der Waals surface area contributed by atoms with E-state index in [9.17, 15) is 4.79 Å². The fourth-order valence-corrected chi connectivity index (χ4v) is 2.60. The molecule has 4 nitrogen and oxygen atoms in total. The monoisotopic (exact) mass is 284 g/mol. The van der Waals surface area contributed by atoms with E-state index in [0.29, 0.717) is 6.54 Å². The summed E-state index contributed by atoms with van der Waals surface area (Å²) in [6, 6.07) is 12.4. The summed E-state index contributed by atoms with van der Waals surface area (Å²) in [5.41, 5.74) is 1.23. The number of benzene rings is 2. The van der Waals surface area contributed by atoms with Gasteiger partial charge in [-0.15, -0.1) is 0 Å². The van der Waals surface area contributed by atoms with E-state index in [1.54, 1.807) is 7.11 Å². The lowest BCUT2D eigenvalue weighted by atomic mass is 10.0. The van der Waals surface area contributed by atoms with Crippen molar-refractivity contribution in [3.8, 4) is 5.75 Å². The Bertz CT molecular complexity index is 650. The van der Waals surface area contributed by atoms with Crippen LogP contribution in [0.25, 0.3) is 10.8 Å². The smallest absolute Gasteiger partial charge is 0.317 e. The van der Waals surface area contributed by atoms with Crippen LogP contribution in [0.2, 0.25) is 0 Å². The molecule has 1 fully saturated rings. The molecule has 110 valence electrons. The number of hydrogen-bond acceptors (Lipinski definition) is 2. The summed E-state index contributed by atoms with van der Waals surface area (Å²) in [6.45, 7) is 2.43. The van der Waals surface area contributed by atoms with Gasteiger partial charge in [-0.1, -0.05) is 24.3 Å². The first-order valence-corrected chi connectivity index (χ1v) is 7.36. The van der Waals surface area contributed by atoms with Crippen LogP contribution in [0, 0.1) is 0 Å². The molecule has 1 saturated heterocycles. The molecule has 2 aromatic carbocycles. The quantitative estimate of drug-likeness (QED) is 0.938. The Morgan fingerprint density at radius 1 is 1.29 bits per heavy atom. The second-order valence-electron chi connectivity index (χ2n) is 5.33. The molecule has 3 rings (SSSR count). The van der Waals surface area contributed by atoms with Crippen molar-refractivity contribution in [2.75, 3.05) is 26.7 Å². The Morgan fingerprint density at radius 3 is 2.86 bits per heavy atom. The number of methoxy groups -OCH3 is 1. The molecule has 0 aliphatic carbocycles. The molecule has 0 spiro atoms. The van der Waals surface area contributed by atoms with Gasteiger partial charge >= 0.3 is 6.03 Å². The molecule has 0 saturated carbocycles. The fraction of sp³-hybridized carbons (Fsp3) is 0.353. The minimum Gasteiger partial charge on any atom is -0.497 e. The van der Waals surface area contributed by atoms with E-state index in [-0.39, 0.29) is 6.03 Å². The van der Waals surface area contributed by atoms with E-state index in [1.165, 1.54) is 16.3 Å². The van der Waals surface area contributed by atoms with Crippen LogP contribution in [0.15, 0.2) is 36.4 Å². The minimum atomic E-state index is 0.0547. The SMILES string of the molecule is COc1ccc2cccc(CCNC(=O)N3CCC3)c2c1. The van der Waals surface area contributed by atoms with Crippen molar-refractivity contribution in [3.63, 3.8) is 0 Å². The first-order chi connectivity index (χ1) is 10.3. The van der Waals surface area contributed by atoms with E-state index >= 15 is 0 Å². The molecule has 21 heavy (non-hydrogen) atoms. The van der Waals surface area contributed by atoms with Gasteiger partial charge in [-0.3, -0.25) is 0 Å². The molecule has 0 bridgehead atoms. The highest BCUT2D eigenvalue weighted by atomic mass is 16.5. The predicted octanol–water partition coefficient (Wildman–Crippen LogP) is 2.81. The molecule has 1 N–H and O–H groups in total. The fourth-order valence-electron chi connectivity index (χ4n) is 2.60. The third-order valence-electron chi connectivity index (χ3n) is 3.99. The Balaban J connectivity index is 1.69. The third kappa shape index (κ3) is 2.94. The Labute approximate surface area is 124 Å². The number of hydrogen-bond donors (Lipinski definition) is 1. The maximum absolute atomic E-state index is 11.8. The average Bonchev–Trinajstić information content (AvgIpc) is 2.45. The van der Waals surface area contributed by atoms with Gasteiger partial charge in [0.2, 0.25) is 0 Å². The van der Waals surface area contributed by atoms with Crippen molar-refractivity contribution in [3.05, 3.63) is 42.0 Å². The number of ether oxygens (including phenoxy) is 1. The predicted molar refractivity (Wildman–Crippen MR) is 83.8 cm³/mol. The molecule has 0 radical (unpaired) electrons. The second-order valence-corrected chi connectivity index (χ2v) is 5.33. The van der Waals surface area contributed by atoms with Crippen molar-refractivity contribution >= 4 is 16.8 Å². The summed E-state index contributed by atoms with van der Waals surface area (Å²) in [5, 5.41) is 5.37. The van der Waals surface area contributed by atoms with Crippen molar-refractivity contribution < 1.29 is 9.53 Å². The number of urea groups is 1. The summed E-state index contributed by atoms with van der Waals surface area (Å²) in [4.78, 5) is 13.6. The lowest BCUT2D eigenvalue weighted by Gasteiger charge is -2.30. The zero-order valence-corrected chi connectivity index (χ0v) is 12.3. The second kappa shape index (κ2) is 6.04. The van der Waals surface area contributed by atoms with Gasteiger partial charge in [-0.25, -0.2) is 4.79 Å². The Morgan fingerprint density at radius 2 is 2.14 bits per heavy atom. The summed E-state index contributed by atoms with van der Waals surface area (Å²) in [6.07, 6.45) is 1.95. The molecular formula is C17H20N2O2. The molecule has 0 unspecified atom stereocenters. The molecule has 2 aromatic rings. The number of fused-ring (bicyclic) bond motifs is 1.